The van der Waals surface area contributed by atoms with Crippen molar-refractivity contribution in [2.75, 3.05) is 7.05 Å². The second kappa shape index (κ2) is 6.92. The fourth-order valence-electron chi connectivity index (χ4n) is 3.68. The zero-order chi connectivity index (χ0) is 18.1. The number of ether oxygens (including phenoxy) is 1. The van der Waals surface area contributed by atoms with Crippen LogP contribution in [0.1, 0.15) is 51.0 Å². The molecule has 1 amide bonds. The van der Waals surface area contributed by atoms with Gasteiger partial charge in [-0.05, 0) is 25.8 Å². The van der Waals surface area contributed by atoms with E-state index in [2.05, 4.69) is 4.99 Å². The predicted molar refractivity (Wildman–Crippen MR) is 90.7 cm³/mol. The molecule has 0 N–H and O–H groups in total. The van der Waals surface area contributed by atoms with Crippen LogP contribution in [-0.4, -0.2) is 35.5 Å². The molecule has 2 aliphatic rings. The van der Waals surface area contributed by atoms with Gasteiger partial charge in [-0.2, -0.15) is 0 Å². The van der Waals surface area contributed by atoms with Crippen LogP contribution in [-0.2, 0) is 16.1 Å². The lowest BCUT2D eigenvalue weighted by molar-refractivity contribution is -0.769. The molecule has 1 fully saturated rings. The second-order valence-corrected chi connectivity index (χ2v) is 7.45. The Labute approximate surface area is 147 Å². The topological polar surface area (TPSA) is 38.7 Å². The lowest BCUT2D eigenvalue weighted by atomic mass is 9.92. The molecule has 136 valence electrons. The molecule has 0 aromatic heterocycles. The fourth-order valence-corrected chi connectivity index (χ4v) is 3.68. The molecular formula is C19H25F2N2O2+. The van der Waals surface area contributed by atoms with E-state index in [0.717, 1.165) is 31.7 Å². The molecule has 1 saturated carbocycles. The SMILES string of the molecule is CC1(OCc2ccc(F)cc2F)CC(=O)[N+](C)(C2CCCCC2)C=N1. The molecule has 0 bridgehead atoms. The molecule has 0 spiro atoms. The number of hydrogen-bond donors (Lipinski definition) is 0. The number of benzene rings is 1. The molecule has 0 radical (unpaired) electrons. The third-order valence-corrected chi connectivity index (χ3v) is 5.47. The van der Waals surface area contributed by atoms with Crippen molar-refractivity contribution < 1.29 is 22.8 Å². The maximum absolute atomic E-state index is 13.7. The quantitative estimate of drug-likeness (QED) is 0.771. The van der Waals surface area contributed by atoms with Gasteiger partial charge in [0.15, 0.2) is 12.1 Å². The molecule has 1 aliphatic heterocycles. The molecule has 0 saturated heterocycles. The summed E-state index contributed by atoms with van der Waals surface area (Å²) in [7, 11) is 1.92. The monoisotopic (exact) mass is 351 g/mol. The summed E-state index contributed by atoms with van der Waals surface area (Å²) in [6.45, 7) is 1.67. The van der Waals surface area contributed by atoms with Gasteiger partial charge < -0.3 is 4.74 Å². The molecule has 6 heteroatoms. The zero-order valence-corrected chi connectivity index (χ0v) is 14.8. The van der Waals surface area contributed by atoms with Crippen LogP contribution < -0.4 is 0 Å². The largest absolute Gasteiger partial charge is 0.348 e. The minimum Gasteiger partial charge on any atom is -0.348 e. The fraction of sp³-hybridized carbons (Fsp3) is 0.579. The molecule has 1 aliphatic carbocycles. The summed E-state index contributed by atoms with van der Waals surface area (Å²) in [5, 5.41) is 0. The first-order valence-electron chi connectivity index (χ1n) is 8.86. The molecule has 2 unspecified atom stereocenters. The Kier molecular flexibility index (Phi) is 5.02. The number of nitrogens with zero attached hydrogens (tertiary/aromatic N) is 2. The van der Waals surface area contributed by atoms with Gasteiger partial charge in [0.1, 0.15) is 24.1 Å². The van der Waals surface area contributed by atoms with Crippen molar-refractivity contribution in [1.82, 2.24) is 0 Å². The molecule has 3 rings (SSSR count). The molecule has 1 aromatic rings. The first-order valence-corrected chi connectivity index (χ1v) is 8.86. The van der Waals surface area contributed by atoms with Crippen molar-refractivity contribution >= 4 is 12.2 Å². The Morgan fingerprint density at radius 2 is 2.00 bits per heavy atom. The smallest absolute Gasteiger partial charge is 0.324 e. The van der Waals surface area contributed by atoms with Crippen LogP contribution in [0.4, 0.5) is 8.78 Å². The average molecular weight is 351 g/mol. The van der Waals surface area contributed by atoms with Crippen LogP contribution in [0.3, 0.4) is 0 Å². The van der Waals surface area contributed by atoms with Crippen LogP contribution in [0.2, 0.25) is 0 Å². The molecule has 25 heavy (non-hydrogen) atoms. The summed E-state index contributed by atoms with van der Waals surface area (Å²) < 4.78 is 32.7. The molecular weight excluding hydrogens is 326 g/mol. The van der Waals surface area contributed by atoms with Crippen molar-refractivity contribution in [3.05, 3.63) is 35.4 Å². The summed E-state index contributed by atoms with van der Waals surface area (Å²) >= 11 is 0. The van der Waals surface area contributed by atoms with Gasteiger partial charge in [0.25, 0.3) is 0 Å². The first kappa shape index (κ1) is 18.1. The van der Waals surface area contributed by atoms with Gasteiger partial charge in [-0.1, -0.05) is 12.5 Å². The Hall–Kier alpha value is -1.66. The summed E-state index contributed by atoms with van der Waals surface area (Å²) in [5.74, 6) is -1.21. The van der Waals surface area contributed by atoms with E-state index in [1.165, 1.54) is 18.6 Å². The average Bonchev–Trinajstić information content (AvgIpc) is 2.59. The third-order valence-electron chi connectivity index (χ3n) is 5.47. The molecule has 4 nitrogen and oxygen atoms in total. The van der Waals surface area contributed by atoms with E-state index < -0.39 is 17.4 Å². The number of halogens is 2. The lowest BCUT2D eigenvalue weighted by Crippen LogP contribution is -2.60. The van der Waals surface area contributed by atoms with Crippen molar-refractivity contribution in [3.8, 4) is 0 Å². The minimum atomic E-state index is -1.01. The Bertz CT molecular complexity index is 688. The van der Waals surface area contributed by atoms with E-state index in [1.807, 2.05) is 7.05 Å². The van der Waals surface area contributed by atoms with Crippen LogP contribution in [0.15, 0.2) is 23.2 Å². The number of rotatable bonds is 4. The maximum Gasteiger partial charge on any atom is 0.324 e. The Balaban J connectivity index is 1.70. The van der Waals surface area contributed by atoms with E-state index in [4.69, 9.17) is 4.74 Å². The molecule has 1 aromatic carbocycles. The zero-order valence-electron chi connectivity index (χ0n) is 14.8. The number of amides is 1. The lowest BCUT2D eigenvalue weighted by Gasteiger charge is -2.42. The van der Waals surface area contributed by atoms with Gasteiger partial charge in [0.2, 0.25) is 0 Å². The van der Waals surface area contributed by atoms with Gasteiger partial charge >= 0.3 is 5.91 Å². The van der Waals surface area contributed by atoms with Crippen LogP contribution in [0, 0.1) is 11.6 Å². The molecule has 1 heterocycles. The normalized spacial score (nSPS) is 30.6. The number of carbonyl (C=O) groups is 1. The van der Waals surface area contributed by atoms with E-state index in [0.29, 0.717) is 0 Å². The van der Waals surface area contributed by atoms with Crippen molar-refractivity contribution in [2.24, 2.45) is 4.99 Å². The van der Waals surface area contributed by atoms with Crippen molar-refractivity contribution in [2.45, 2.75) is 63.8 Å². The van der Waals surface area contributed by atoms with Gasteiger partial charge in [-0.15, -0.1) is 0 Å². The summed E-state index contributed by atoms with van der Waals surface area (Å²) in [6.07, 6.45) is 7.45. The van der Waals surface area contributed by atoms with Gasteiger partial charge in [0, 0.05) is 24.5 Å². The third kappa shape index (κ3) is 3.80. The van der Waals surface area contributed by atoms with Crippen molar-refractivity contribution in [3.63, 3.8) is 0 Å². The van der Waals surface area contributed by atoms with Gasteiger partial charge in [-0.25, -0.2) is 23.1 Å². The second-order valence-electron chi connectivity index (χ2n) is 7.45. The number of aliphatic imine (C=N–C) groups is 1. The highest BCUT2D eigenvalue weighted by Crippen LogP contribution is 2.33. The van der Waals surface area contributed by atoms with Gasteiger partial charge in [0.05, 0.1) is 13.7 Å². The summed E-state index contributed by atoms with van der Waals surface area (Å²) in [4.78, 5) is 17.3. The van der Waals surface area contributed by atoms with Crippen LogP contribution in [0.25, 0.3) is 0 Å². The predicted octanol–water partition coefficient (Wildman–Crippen LogP) is 3.94. The molecule has 2 atom stereocenters. The number of carbonyl (C=O) groups excluding carboxylic acids is 1. The van der Waals surface area contributed by atoms with E-state index in [9.17, 15) is 13.6 Å². The van der Waals surface area contributed by atoms with Crippen LogP contribution >= 0.6 is 0 Å². The van der Waals surface area contributed by atoms with E-state index >= 15 is 0 Å². The van der Waals surface area contributed by atoms with E-state index in [-0.39, 0.29) is 35.0 Å². The van der Waals surface area contributed by atoms with Crippen LogP contribution in [0.5, 0.6) is 0 Å². The number of hydrogen-bond acceptors (Lipinski definition) is 3. The summed E-state index contributed by atoms with van der Waals surface area (Å²) in [6, 6.07) is 3.65. The highest BCUT2D eigenvalue weighted by molar-refractivity contribution is 5.80. The first-order chi connectivity index (χ1) is 11.8. The highest BCUT2D eigenvalue weighted by atomic mass is 19.1. The summed E-state index contributed by atoms with van der Waals surface area (Å²) in [5.41, 5.74) is -0.759. The van der Waals surface area contributed by atoms with Crippen molar-refractivity contribution in [1.29, 1.82) is 0 Å². The highest BCUT2D eigenvalue weighted by Gasteiger charge is 2.47. The van der Waals surface area contributed by atoms with E-state index in [1.54, 1.807) is 13.3 Å². The Morgan fingerprint density at radius 1 is 1.28 bits per heavy atom. The number of quaternary nitrogens is 1. The van der Waals surface area contributed by atoms with Gasteiger partial charge in [-0.3, -0.25) is 0 Å². The standard InChI is InChI=1S/C19H25F2N2O2/c1-19(25-12-14-8-9-15(20)10-17(14)21)11-18(24)23(2,13-22-19)16-6-4-3-5-7-16/h8-10,13,16H,3-7,11-12H2,1-2H3/q+1. The minimum absolute atomic E-state index is 0.0552. The Morgan fingerprint density at radius 3 is 2.64 bits per heavy atom. The maximum atomic E-state index is 13.7.